The molecule has 15 heteroatoms. The zero-order valence-corrected chi connectivity index (χ0v) is 30.8. The fraction of sp³-hybridized carbons (Fsp3) is 0.189. The van der Waals surface area contributed by atoms with Crippen LogP contribution in [-0.2, 0) is 6.54 Å². The molecule has 6 aromatic heterocycles. The molecule has 1 saturated heterocycles. The van der Waals surface area contributed by atoms with Gasteiger partial charge in [0.05, 0.1) is 35.8 Å². The van der Waals surface area contributed by atoms with E-state index in [2.05, 4.69) is 76.7 Å². The van der Waals surface area contributed by atoms with E-state index < -0.39 is 0 Å². The molecule has 9 rings (SSSR count). The van der Waals surface area contributed by atoms with E-state index in [0.717, 1.165) is 75.3 Å². The van der Waals surface area contributed by atoms with Crippen LogP contribution in [-0.4, -0.2) is 85.2 Å². The normalized spacial score (nSPS) is 13.3. The van der Waals surface area contributed by atoms with Gasteiger partial charge in [0.1, 0.15) is 27.8 Å². The predicted molar refractivity (Wildman–Crippen MR) is 210 cm³/mol. The van der Waals surface area contributed by atoms with Gasteiger partial charge in [-0.05, 0) is 71.9 Å². The van der Waals surface area contributed by atoms with Crippen LogP contribution in [0.1, 0.15) is 5.56 Å². The summed E-state index contributed by atoms with van der Waals surface area (Å²) in [5, 5.41) is 19.5. The highest BCUT2D eigenvalue weighted by atomic mass is 35.5. The fourth-order valence-electron chi connectivity index (χ4n) is 5.84. The molecule has 52 heavy (non-hydrogen) atoms. The first-order valence-electron chi connectivity index (χ1n) is 16.6. The lowest BCUT2D eigenvalue weighted by atomic mass is 10.2. The first kappa shape index (κ1) is 33.7. The Morgan fingerprint density at radius 1 is 0.827 bits per heavy atom. The number of thiophene rings is 2. The Bertz CT molecular complexity index is 2390. The fourth-order valence-corrected chi connectivity index (χ4v) is 7.37. The average molecular weight is 748 g/mol. The second-order valence-corrected chi connectivity index (χ2v) is 14.4. The number of nitrogens with zero attached hydrogens (tertiary/aromatic N) is 9. The summed E-state index contributed by atoms with van der Waals surface area (Å²) in [5.41, 5.74) is 6.33. The number of halogens is 1. The van der Waals surface area contributed by atoms with Crippen LogP contribution in [0.4, 0.5) is 17.2 Å². The Hall–Kier alpha value is -5.41. The SMILES string of the molecule is CN1CCN(c2ccc(Nc3nc(-c4cccs4)nc4cn[nH]c34)cc2)CC1.COc1ccc(Cn2cc3nc(-c4cccs4)nc(Cl)c3n2)cc1. The second kappa shape index (κ2) is 15.1. The van der Waals surface area contributed by atoms with Crippen LogP contribution in [0.5, 0.6) is 5.75 Å². The lowest BCUT2D eigenvalue weighted by Gasteiger charge is -2.34. The molecular formula is C37H34ClN11OS2. The van der Waals surface area contributed by atoms with Gasteiger partial charge in [-0.15, -0.1) is 22.7 Å². The number of anilines is 3. The number of hydrogen-bond acceptors (Lipinski definition) is 12. The van der Waals surface area contributed by atoms with E-state index in [1.165, 1.54) is 5.69 Å². The van der Waals surface area contributed by atoms with Gasteiger partial charge >= 0.3 is 0 Å². The molecule has 0 radical (unpaired) electrons. The van der Waals surface area contributed by atoms with Crippen LogP contribution >= 0.6 is 34.3 Å². The number of rotatable bonds is 8. The number of nitrogens with one attached hydrogen (secondary N) is 2. The van der Waals surface area contributed by atoms with E-state index >= 15 is 0 Å². The number of piperazine rings is 1. The van der Waals surface area contributed by atoms with Crippen molar-refractivity contribution in [2.45, 2.75) is 6.54 Å². The molecule has 262 valence electrons. The Kier molecular flexibility index (Phi) is 9.76. The number of ether oxygens (including phenoxy) is 1. The highest BCUT2D eigenvalue weighted by molar-refractivity contribution is 7.13. The molecule has 7 heterocycles. The van der Waals surface area contributed by atoms with Gasteiger partial charge in [-0.2, -0.15) is 10.2 Å². The third-order valence-electron chi connectivity index (χ3n) is 8.65. The van der Waals surface area contributed by atoms with Gasteiger partial charge in [-0.1, -0.05) is 35.9 Å². The van der Waals surface area contributed by atoms with Crippen molar-refractivity contribution in [3.8, 4) is 27.2 Å². The van der Waals surface area contributed by atoms with Crippen molar-refractivity contribution in [2.75, 3.05) is 50.6 Å². The Balaban J connectivity index is 0.000000151. The topological polar surface area (TPSA) is 126 Å². The van der Waals surface area contributed by atoms with E-state index in [4.69, 9.17) is 21.3 Å². The quantitative estimate of drug-likeness (QED) is 0.149. The summed E-state index contributed by atoms with van der Waals surface area (Å²) < 4.78 is 7.00. The number of likely N-dealkylation sites (N-methyl/N-ethyl adjacent to an activating group) is 1. The van der Waals surface area contributed by atoms with E-state index in [-0.39, 0.29) is 0 Å². The van der Waals surface area contributed by atoms with Crippen molar-refractivity contribution in [1.29, 1.82) is 0 Å². The molecule has 1 aliphatic heterocycles. The number of benzene rings is 2. The van der Waals surface area contributed by atoms with E-state index in [0.29, 0.717) is 28.9 Å². The second-order valence-electron chi connectivity index (χ2n) is 12.2. The van der Waals surface area contributed by atoms with Gasteiger partial charge in [-0.3, -0.25) is 9.78 Å². The highest BCUT2D eigenvalue weighted by Gasteiger charge is 2.16. The summed E-state index contributed by atoms with van der Waals surface area (Å²) >= 11 is 9.51. The molecule has 12 nitrogen and oxygen atoms in total. The highest BCUT2D eigenvalue weighted by Crippen LogP contribution is 2.30. The van der Waals surface area contributed by atoms with Gasteiger partial charge in [0.25, 0.3) is 0 Å². The van der Waals surface area contributed by atoms with Gasteiger partial charge < -0.3 is 19.9 Å². The third-order valence-corrected chi connectivity index (χ3v) is 10.6. The molecule has 0 saturated carbocycles. The molecule has 0 bridgehead atoms. The van der Waals surface area contributed by atoms with Crippen molar-refractivity contribution in [2.24, 2.45) is 0 Å². The maximum absolute atomic E-state index is 6.30. The lowest BCUT2D eigenvalue weighted by Crippen LogP contribution is -2.44. The molecule has 0 amide bonds. The first-order chi connectivity index (χ1) is 25.5. The number of aromatic amines is 1. The van der Waals surface area contributed by atoms with Gasteiger partial charge in [-0.25, -0.2) is 19.9 Å². The minimum atomic E-state index is 0.372. The standard InChI is InChI=1S/C20H21N7S.C17H13ClN4OS/c1-26-8-10-27(11-9-26)15-6-4-14(5-7-15)22-20-18-16(13-21-25-18)23-19(24-20)17-3-2-12-28-17;1-23-12-6-4-11(5-7-12)9-22-10-13-15(21-22)16(18)20-17(19-13)14-3-2-8-24-14/h2-7,12-13H,8-11H2,1H3,(H,21,25)(H,22,23,24);2-8,10H,9H2,1H3. The molecule has 1 aliphatic rings. The molecule has 2 aromatic carbocycles. The minimum Gasteiger partial charge on any atom is -0.497 e. The van der Waals surface area contributed by atoms with Gasteiger partial charge in [0, 0.05) is 37.6 Å². The number of aromatic nitrogens is 8. The van der Waals surface area contributed by atoms with E-state index in [1.807, 2.05) is 70.2 Å². The van der Waals surface area contributed by atoms with Crippen LogP contribution in [0.2, 0.25) is 5.15 Å². The number of fused-ring (bicyclic) bond motifs is 2. The molecule has 8 aromatic rings. The summed E-state index contributed by atoms with van der Waals surface area (Å²) in [6.07, 6.45) is 3.63. The lowest BCUT2D eigenvalue weighted by molar-refractivity contribution is 0.313. The summed E-state index contributed by atoms with van der Waals surface area (Å²) in [6.45, 7) is 4.96. The number of hydrogen-bond donors (Lipinski definition) is 2. The Morgan fingerprint density at radius 2 is 1.52 bits per heavy atom. The molecule has 0 atom stereocenters. The predicted octanol–water partition coefficient (Wildman–Crippen LogP) is 7.84. The van der Waals surface area contributed by atoms with Crippen molar-refractivity contribution in [3.05, 3.63) is 107 Å². The summed E-state index contributed by atoms with van der Waals surface area (Å²) in [7, 11) is 3.83. The van der Waals surface area contributed by atoms with Gasteiger partial charge in [0.15, 0.2) is 22.6 Å². The molecule has 1 fully saturated rings. The largest absolute Gasteiger partial charge is 0.497 e. The molecule has 0 spiro atoms. The van der Waals surface area contributed by atoms with Crippen LogP contribution in [0, 0.1) is 0 Å². The van der Waals surface area contributed by atoms with Crippen molar-refractivity contribution < 1.29 is 4.74 Å². The summed E-state index contributed by atoms with van der Waals surface area (Å²) in [4.78, 5) is 25.1. The Labute approximate surface area is 312 Å². The van der Waals surface area contributed by atoms with E-state index in [9.17, 15) is 0 Å². The summed E-state index contributed by atoms with van der Waals surface area (Å²) in [5.74, 6) is 2.91. The molecule has 2 N–H and O–H groups in total. The Morgan fingerprint density at radius 3 is 2.19 bits per heavy atom. The number of methoxy groups -OCH3 is 1. The molecular weight excluding hydrogens is 714 g/mol. The zero-order valence-electron chi connectivity index (χ0n) is 28.4. The van der Waals surface area contributed by atoms with Crippen LogP contribution in [0.25, 0.3) is 43.5 Å². The summed E-state index contributed by atoms with van der Waals surface area (Å²) in [6, 6.07) is 24.4. The van der Waals surface area contributed by atoms with Crippen molar-refractivity contribution >= 4 is 73.5 Å². The van der Waals surface area contributed by atoms with Crippen LogP contribution < -0.4 is 15.0 Å². The van der Waals surface area contributed by atoms with Gasteiger partial charge in [0.2, 0.25) is 0 Å². The maximum atomic E-state index is 6.30. The average Bonchev–Trinajstić information content (AvgIpc) is 4.01. The minimum absolute atomic E-state index is 0.372. The molecule has 0 aliphatic carbocycles. The first-order valence-corrected chi connectivity index (χ1v) is 18.8. The van der Waals surface area contributed by atoms with E-state index in [1.54, 1.807) is 36.0 Å². The van der Waals surface area contributed by atoms with Crippen molar-refractivity contribution in [1.82, 2.24) is 44.8 Å². The van der Waals surface area contributed by atoms with Crippen LogP contribution in [0.15, 0.2) is 96.0 Å². The smallest absolute Gasteiger partial charge is 0.172 e. The van der Waals surface area contributed by atoms with Crippen molar-refractivity contribution in [3.63, 3.8) is 0 Å². The zero-order chi connectivity index (χ0) is 35.4. The maximum Gasteiger partial charge on any atom is 0.172 e. The molecule has 0 unspecified atom stereocenters. The van der Waals surface area contributed by atoms with Crippen LogP contribution in [0.3, 0.4) is 0 Å². The monoisotopic (exact) mass is 747 g/mol. The third kappa shape index (κ3) is 7.46. The number of H-pyrrole nitrogens is 1.